The fourth-order valence-corrected chi connectivity index (χ4v) is 1.85. The lowest BCUT2D eigenvalue weighted by Gasteiger charge is -2.14. The first-order valence-corrected chi connectivity index (χ1v) is 6.96. The van der Waals surface area contributed by atoms with Crippen LogP contribution in [0.4, 0.5) is 10.1 Å². The zero-order chi connectivity index (χ0) is 16.7. The second-order valence-corrected chi connectivity index (χ2v) is 4.88. The summed E-state index contributed by atoms with van der Waals surface area (Å²) in [7, 11) is 0. The van der Waals surface area contributed by atoms with Crippen LogP contribution >= 0.6 is 0 Å². The van der Waals surface area contributed by atoms with E-state index in [2.05, 4.69) is 10.6 Å². The highest BCUT2D eigenvalue weighted by Crippen LogP contribution is 2.16. The van der Waals surface area contributed by atoms with E-state index in [9.17, 15) is 18.8 Å². The lowest BCUT2D eigenvalue weighted by Crippen LogP contribution is -2.40. The molecule has 0 aliphatic rings. The van der Waals surface area contributed by atoms with Gasteiger partial charge in [-0.15, -0.1) is 0 Å². The number of rotatable bonds is 7. The second-order valence-electron chi connectivity index (χ2n) is 4.88. The number of unbranched alkanes of at least 4 members (excludes halogenated alkanes) is 1. The Hall–Kier alpha value is -2.44. The molecule has 0 heterocycles. The zero-order valence-electron chi connectivity index (χ0n) is 12.5. The number of halogens is 1. The summed E-state index contributed by atoms with van der Waals surface area (Å²) >= 11 is 0. The van der Waals surface area contributed by atoms with Crippen molar-refractivity contribution >= 4 is 23.5 Å². The van der Waals surface area contributed by atoms with Gasteiger partial charge in [-0.1, -0.05) is 19.8 Å². The molecule has 0 aromatic heterocycles. The van der Waals surface area contributed by atoms with Crippen LogP contribution in [-0.2, 0) is 9.59 Å². The van der Waals surface area contributed by atoms with E-state index >= 15 is 0 Å². The third-order valence-corrected chi connectivity index (χ3v) is 2.99. The average molecular weight is 310 g/mol. The maximum absolute atomic E-state index is 13.8. The Balaban J connectivity index is 2.82. The van der Waals surface area contributed by atoms with E-state index in [0.717, 1.165) is 12.5 Å². The third kappa shape index (κ3) is 5.16. The number of hydrogen-bond donors (Lipinski definition) is 3. The van der Waals surface area contributed by atoms with Crippen LogP contribution in [0.3, 0.4) is 0 Å². The van der Waals surface area contributed by atoms with E-state index in [1.165, 1.54) is 19.1 Å². The van der Waals surface area contributed by atoms with Gasteiger partial charge in [0.2, 0.25) is 5.91 Å². The van der Waals surface area contributed by atoms with Crippen molar-refractivity contribution in [2.45, 2.75) is 39.2 Å². The number of anilines is 1. The molecule has 3 N–H and O–H groups in total. The molecule has 0 saturated carbocycles. The molecule has 0 aliphatic carbocycles. The Morgan fingerprint density at radius 1 is 1.32 bits per heavy atom. The van der Waals surface area contributed by atoms with Gasteiger partial charge >= 0.3 is 5.97 Å². The smallest absolute Gasteiger partial charge is 0.326 e. The van der Waals surface area contributed by atoms with Gasteiger partial charge in [0.25, 0.3) is 5.91 Å². The van der Waals surface area contributed by atoms with Gasteiger partial charge in [0.15, 0.2) is 0 Å². The molecule has 22 heavy (non-hydrogen) atoms. The van der Waals surface area contributed by atoms with Crippen molar-refractivity contribution in [2.24, 2.45) is 0 Å². The van der Waals surface area contributed by atoms with Crippen LogP contribution in [0.15, 0.2) is 18.2 Å². The van der Waals surface area contributed by atoms with Gasteiger partial charge in [0.05, 0.1) is 5.69 Å². The standard InChI is InChI=1S/C15H19FN2O4/c1-3-4-5-13(15(21)22)18-14(20)10-6-7-12(11(16)8-10)17-9(2)19/h6-8,13H,3-5H2,1-2H3,(H,17,19)(H,18,20)(H,21,22)/t13-/m0/s1. The topological polar surface area (TPSA) is 95.5 Å². The molecule has 0 fully saturated rings. The number of aliphatic carboxylic acids is 1. The first-order valence-electron chi connectivity index (χ1n) is 6.96. The quantitative estimate of drug-likeness (QED) is 0.719. The molecule has 2 amide bonds. The van der Waals surface area contributed by atoms with Gasteiger partial charge in [-0.05, 0) is 24.6 Å². The molecule has 0 unspecified atom stereocenters. The van der Waals surface area contributed by atoms with Crippen LogP contribution in [0, 0.1) is 5.82 Å². The Bertz CT molecular complexity index is 575. The minimum atomic E-state index is -1.13. The fraction of sp³-hybridized carbons (Fsp3) is 0.400. The number of benzene rings is 1. The predicted molar refractivity (Wildman–Crippen MR) is 79.1 cm³/mol. The van der Waals surface area contributed by atoms with Gasteiger partial charge in [-0.3, -0.25) is 9.59 Å². The van der Waals surface area contributed by atoms with E-state index in [0.29, 0.717) is 12.8 Å². The summed E-state index contributed by atoms with van der Waals surface area (Å²) < 4.78 is 13.8. The number of carboxylic acid groups (broad SMARTS) is 1. The first kappa shape index (κ1) is 17.6. The molecule has 0 bridgehead atoms. The monoisotopic (exact) mass is 310 g/mol. The molecule has 0 radical (unpaired) electrons. The number of carbonyl (C=O) groups excluding carboxylic acids is 2. The van der Waals surface area contributed by atoms with Gasteiger partial charge in [-0.25, -0.2) is 9.18 Å². The summed E-state index contributed by atoms with van der Waals surface area (Å²) in [5, 5.41) is 13.7. The first-order chi connectivity index (χ1) is 10.3. The van der Waals surface area contributed by atoms with Crippen LogP contribution in [0.5, 0.6) is 0 Å². The van der Waals surface area contributed by atoms with Crippen LogP contribution in [0.1, 0.15) is 43.5 Å². The summed E-state index contributed by atoms with van der Waals surface area (Å²) in [5.74, 6) is -2.99. The summed E-state index contributed by atoms with van der Waals surface area (Å²) in [6, 6.07) is 2.53. The van der Waals surface area contributed by atoms with E-state index in [1.54, 1.807) is 0 Å². The molecular formula is C15H19FN2O4. The lowest BCUT2D eigenvalue weighted by atomic mass is 10.1. The van der Waals surface area contributed by atoms with Gasteiger partial charge in [0, 0.05) is 12.5 Å². The van der Waals surface area contributed by atoms with Crippen LogP contribution in [-0.4, -0.2) is 28.9 Å². The predicted octanol–water partition coefficient (Wildman–Crippen LogP) is 2.16. The largest absolute Gasteiger partial charge is 0.480 e. The van der Waals surface area contributed by atoms with E-state index in [-0.39, 0.29) is 11.3 Å². The molecule has 0 saturated heterocycles. The Morgan fingerprint density at radius 3 is 2.50 bits per heavy atom. The fourth-order valence-electron chi connectivity index (χ4n) is 1.85. The van der Waals surface area contributed by atoms with Crippen LogP contribution in [0.25, 0.3) is 0 Å². The normalized spacial score (nSPS) is 11.6. The van der Waals surface area contributed by atoms with Crippen molar-refractivity contribution in [1.29, 1.82) is 0 Å². The van der Waals surface area contributed by atoms with Crippen molar-refractivity contribution < 1.29 is 23.9 Å². The lowest BCUT2D eigenvalue weighted by molar-refractivity contribution is -0.139. The van der Waals surface area contributed by atoms with E-state index < -0.39 is 29.6 Å². The van der Waals surface area contributed by atoms with Crippen LogP contribution in [0.2, 0.25) is 0 Å². The number of carboxylic acids is 1. The summed E-state index contributed by atoms with van der Waals surface area (Å²) in [4.78, 5) is 33.9. The molecule has 6 nitrogen and oxygen atoms in total. The van der Waals surface area contributed by atoms with Crippen molar-refractivity contribution in [3.63, 3.8) is 0 Å². The molecule has 120 valence electrons. The molecule has 1 rings (SSSR count). The van der Waals surface area contributed by atoms with Crippen molar-refractivity contribution in [3.8, 4) is 0 Å². The maximum atomic E-state index is 13.8. The number of carbonyl (C=O) groups is 3. The van der Waals surface area contributed by atoms with Gasteiger partial charge in [-0.2, -0.15) is 0 Å². The molecular weight excluding hydrogens is 291 g/mol. The summed E-state index contributed by atoms with van der Waals surface area (Å²) in [5.41, 5.74) is -0.0424. The van der Waals surface area contributed by atoms with Gasteiger partial charge < -0.3 is 15.7 Å². The Labute approximate surface area is 127 Å². The zero-order valence-corrected chi connectivity index (χ0v) is 12.5. The Kier molecular flexibility index (Phi) is 6.49. The highest BCUT2D eigenvalue weighted by molar-refractivity contribution is 5.97. The van der Waals surface area contributed by atoms with Crippen molar-refractivity contribution in [2.75, 3.05) is 5.32 Å². The molecule has 1 aromatic rings. The molecule has 7 heteroatoms. The SMILES string of the molecule is CCCC[C@H](NC(=O)c1ccc(NC(C)=O)c(F)c1)C(=O)O. The number of amides is 2. The van der Waals surface area contributed by atoms with Crippen LogP contribution < -0.4 is 10.6 Å². The summed E-state index contributed by atoms with van der Waals surface area (Å²) in [6.45, 7) is 3.15. The maximum Gasteiger partial charge on any atom is 0.326 e. The van der Waals surface area contributed by atoms with Crippen molar-refractivity contribution in [3.05, 3.63) is 29.6 Å². The molecule has 0 aliphatic heterocycles. The molecule has 1 atom stereocenters. The summed E-state index contributed by atoms with van der Waals surface area (Å²) in [6.07, 6.45) is 1.77. The number of hydrogen-bond acceptors (Lipinski definition) is 3. The van der Waals surface area contributed by atoms with E-state index in [1.807, 2.05) is 6.92 Å². The minimum Gasteiger partial charge on any atom is -0.480 e. The minimum absolute atomic E-state index is 0.00523. The highest BCUT2D eigenvalue weighted by Gasteiger charge is 2.20. The Morgan fingerprint density at radius 2 is 2.00 bits per heavy atom. The molecule has 1 aromatic carbocycles. The second kappa shape index (κ2) is 8.11. The third-order valence-electron chi connectivity index (χ3n) is 2.99. The van der Waals surface area contributed by atoms with E-state index in [4.69, 9.17) is 5.11 Å². The molecule has 0 spiro atoms. The average Bonchev–Trinajstić information content (AvgIpc) is 2.44. The highest BCUT2D eigenvalue weighted by atomic mass is 19.1. The van der Waals surface area contributed by atoms with Crippen molar-refractivity contribution in [1.82, 2.24) is 5.32 Å². The van der Waals surface area contributed by atoms with Gasteiger partial charge in [0.1, 0.15) is 11.9 Å². The number of nitrogens with one attached hydrogen (secondary N) is 2.